The molecule has 0 fully saturated rings. The summed E-state index contributed by atoms with van der Waals surface area (Å²) in [4.78, 5) is 11.1. The van der Waals surface area contributed by atoms with Crippen LogP contribution in [0.4, 0.5) is 0 Å². The molecule has 4 nitrogen and oxygen atoms in total. The Bertz CT molecular complexity index is 667. The standard InChI is InChI=1S/C16H15BrO4/c1-10-12(16(18)19)4-3-5-14(10)21-9-11-6-7-15(20-2)13(17)8-11/h3-8H,9H2,1-2H3,(H,18,19). The molecule has 21 heavy (non-hydrogen) atoms. The molecule has 2 rings (SSSR count). The summed E-state index contributed by atoms with van der Waals surface area (Å²) < 4.78 is 11.7. The van der Waals surface area contributed by atoms with Gasteiger partial charge < -0.3 is 14.6 Å². The van der Waals surface area contributed by atoms with E-state index >= 15 is 0 Å². The van der Waals surface area contributed by atoms with Crippen molar-refractivity contribution in [1.82, 2.24) is 0 Å². The normalized spacial score (nSPS) is 10.2. The quantitative estimate of drug-likeness (QED) is 0.883. The second-order valence-corrected chi connectivity index (χ2v) is 5.35. The molecule has 0 radical (unpaired) electrons. The first-order chi connectivity index (χ1) is 10.0. The van der Waals surface area contributed by atoms with Gasteiger partial charge in [-0.05, 0) is 52.7 Å². The molecule has 2 aromatic rings. The summed E-state index contributed by atoms with van der Waals surface area (Å²) in [5.41, 5.74) is 1.84. The van der Waals surface area contributed by atoms with Crippen molar-refractivity contribution in [2.75, 3.05) is 7.11 Å². The van der Waals surface area contributed by atoms with E-state index in [2.05, 4.69) is 15.9 Å². The molecule has 0 saturated carbocycles. The summed E-state index contributed by atoms with van der Waals surface area (Å²) in [6.45, 7) is 2.09. The van der Waals surface area contributed by atoms with Crippen LogP contribution < -0.4 is 9.47 Å². The number of hydrogen-bond acceptors (Lipinski definition) is 3. The fourth-order valence-corrected chi connectivity index (χ4v) is 2.55. The average Bonchev–Trinajstić information content (AvgIpc) is 2.46. The van der Waals surface area contributed by atoms with Crippen LogP contribution in [-0.4, -0.2) is 18.2 Å². The fraction of sp³-hybridized carbons (Fsp3) is 0.188. The minimum atomic E-state index is -0.954. The van der Waals surface area contributed by atoms with Gasteiger partial charge in [0.1, 0.15) is 18.1 Å². The van der Waals surface area contributed by atoms with Crippen LogP contribution in [0.3, 0.4) is 0 Å². The molecule has 0 amide bonds. The highest BCUT2D eigenvalue weighted by Gasteiger charge is 2.11. The van der Waals surface area contributed by atoms with Crippen molar-refractivity contribution in [2.24, 2.45) is 0 Å². The molecule has 2 aromatic carbocycles. The van der Waals surface area contributed by atoms with Crippen molar-refractivity contribution in [3.63, 3.8) is 0 Å². The largest absolute Gasteiger partial charge is 0.496 e. The van der Waals surface area contributed by atoms with Crippen LogP contribution >= 0.6 is 15.9 Å². The highest BCUT2D eigenvalue weighted by molar-refractivity contribution is 9.10. The number of carboxylic acid groups (broad SMARTS) is 1. The molecule has 0 atom stereocenters. The van der Waals surface area contributed by atoms with Gasteiger partial charge in [0.05, 0.1) is 17.1 Å². The topological polar surface area (TPSA) is 55.8 Å². The molecule has 0 saturated heterocycles. The molecule has 0 aliphatic rings. The minimum Gasteiger partial charge on any atom is -0.496 e. The Labute approximate surface area is 131 Å². The number of aromatic carboxylic acids is 1. The molecule has 5 heteroatoms. The van der Waals surface area contributed by atoms with Crippen molar-refractivity contribution < 1.29 is 19.4 Å². The van der Waals surface area contributed by atoms with Gasteiger partial charge >= 0.3 is 5.97 Å². The smallest absolute Gasteiger partial charge is 0.336 e. The Hall–Kier alpha value is -2.01. The van der Waals surface area contributed by atoms with Crippen molar-refractivity contribution in [2.45, 2.75) is 13.5 Å². The number of carbonyl (C=O) groups is 1. The number of rotatable bonds is 5. The molecule has 1 N–H and O–H groups in total. The molecule has 0 unspecified atom stereocenters. The lowest BCUT2D eigenvalue weighted by Gasteiger charge is -2.12. The summed E-state index contributed by atoms with van der Waals surface area (Å²) >= 11 is 3.42. The average molecular weight is 351 g/mol. The lowest BCUT2D eigenvalue weighted by Crippen LogP contribution is -2.03. The Morgan fingerprint density at radius 1 is 1.24 bits per heavy atom. The van der Waals surface area contributed by atoms with Gasteiger partial charge in [-0.3, -0.25) is 0 Å². The zero-order valence-electron chi connectivity index (χ0n) is 11.7. The van der Waals surface area contributed by atoms with Crippen molar-refractivity contribution in [1.29, 1.82) is 0 Å². The number of halogens is 1. The van der Waals surface area contributed by atoms with Gasteiger partial charge in [-0.25, -0.2) is 4.79 Å². The summed E-state index contributed by atoms with van der Waals surface area (Å²) in [6.07, 6.45) is 0. The van der Waals surface area contributed by atoms with Gasteiger partial charge in [0, 0.05) is 5.56 Å². The van der Waals surface area contributed by atoms with E-state index < -0.39 is 5.97 Å². The SMILES string of the molecule is COc1ccc(COc2cccc(C(=O)O)c2C)cc1Br. The first kappa shape index (κ1) is 15.4. The number of carboxylic acids is 1. The molecule has 0 heterocycles. The van der Waals surface area contributed by atoms with E-state index in [0.29, 0.717) is 17.9 Å². The molecular formula is C16H15BrO4. The fourth-order valence-electron chi connectivity index (χ4n) is 1.96. The van der Waals surface area contributed by atoms with Gasteiger partial charge in [0.2, 0.25) is 0 Å². The second-order valence-electron chi connectivity index (χ2n) is 4.49. The highest BCUT2D eigenvalue weighted by atomic mass is 79.9. The summed E-state index contributed by atoms with van der Waals surface area (Å²) in [6, 6.07) is 10.7. The lowest BCUT2D eigenvalue weighted by molar-refractivity contribution is 0.0695. The van der Waals surface area contributed by atoms with E-state index in [-0.39, 0.29) is 5.56 Å². The zero-order chi connectivity index (χ0) is 15.4. The van der Waals surface area contributed by atoms with Crippen LogP contribution in [0.1, 0.15) is 21.5 Å². The lowest BCUT2D eigenvalue weighted by atomic mass is 10.1. The van der Waals surface area contributed by atoms with Gasteiger partial charge in [-0.1, -0.05) is 12.1 Å². The predicted molar refractivity (Wildman–Crippen MR) is 83.2 cm³/mol. The molecule has 0 aromatic heterocycles. The predicted octanol–water partition coefficient (Wildman–Crippen LogP) is 4.04. The molecular weight excluding hydrogens is 336 g/mol. The molecule has 0 bridgehead atoms. The van der Waals surface area contributed by atoms with Crippen molar-refractivity contribution in [3.8, 4) is 11.5 Å². The summed E-state index contributed by atoms with van der Waals surface area (Å²) in [5.74, 6) is 0.370. The van der Waals surface area contributed by atoms with Gasteiger partial charge in [-0.2, -0.15) is 0 Å². The zero-order valence-corrected chi connectivity index (χ0v) is 13.3. The van der Waals surface area contributed by atoms with E-state index in [1.54, 1.807) is 32.2 Å². The molecule has 0 spiro atoms. The highest BCUT2D eigenvalue weighted by Crippen LogP contribution is 2.27. The van der Waals surface area contributed by atoms with E-state index in [1.807, 2.05) is 18.2 Å². The van der Waals surface area contributed by atoms with Crippen LogP contribution in [-0.2, 0) is 6.61 Å². The van der Waals surface area contributed by atoms with Crippen molar-refractivity contribution >= 4 is 21.9 Å². The number of benzene rings is 2. The maximum absolute atomic E-state index is 11.1. The van der Waals surface area contributed by atoms with Gasteiger partial charge in [-0.15, -0.1) is 0 Å². The molecule has 0 aliphatic heterocycles. The van der Waals surface area contributed by atoms with E-state index in [4.69, 9.17) is 14.6 Å². The summed E-state index contributed by atoms with van der Waals surface area (Å²) in [5, 5.41) is 9.09. The van der Waals surface area contributed by atoms with Crippen LogP contribution in [0.2, 0.25) is 0 Å². The minimum absolute atomic E-state index is 0.253. The maximum Gasteiger partial charge on any atom is 0.336 e. The van der Waals surface area contributed by atoms with Crippen LogP contribution in [0.5, 0.6) is 11.5 Å². The third kappa shape index (κ3) is 3.55. The van der Waals surface area contributed by atoms with E-state index in [1.165, 1.54) is 0 Å². The van der Waals surface area contributed by atoms with E-state index in [9.17, 15) is 4.79 Å². The number of ether oxygens (including phenoxy) is 2. The van der Waals surface area contributed by atoms with Gasteiger partial charge in [0.15, 0.2) is 0 Å². The maximum atomic E-state index is 11.1. The molecule has 110 valence electrons. The number of hydrogen-bond donors (Lipinski definition) is 1. The Morgan fingerprint density at radius 3 is 2.62 bits per heavy atom. The van der Waals surface area contributed by atoms with E-state index in [0.717, 1.165) is 15.8 Å². The van der Waals surface area contributed by atoms with Crippen LogP contribution in [0, 0.1) is 6.92 Å². The third-order valence-electron chi connectivity index (χ3n) is 3.13. The Morgan fingerprint density at radius 2 is 2.00 bits per heavy atom. The monoisotopic (exact) mass is 350 g/mol. The van der Waals surface area contributed by atoms with Crippen LogP contribution in [0.25, 0.3) is 0 Å². The Balaban J connectivity index is 2.15. The number of methoxy groups -OCH3 is 1. The second kappa shape index (κ2) is 6.63. The first-order valence-electron chi connectivity index (χ1n) is 6.31. The Kier molecular flexibility index (Phi) is 4.85. The third-order valence-corrected chi connectivity index (χ3v) is 3.74. The molecule has 0 aliphatic carbocycles. The van der Waals surface area contributed by atoms with Gasteiger partial charge in [0.25, 0.3) is 0 Å². The summed E-state index contributed by atoms with van der Waals surface area (Å²) in [7, 11) is 1.61. The van der Waals surface area contributed by atoms with Crippen LogP contribution in [0.15, 0.2) is 40.9 Å². The first-order valence-corrected chi connectivity index (χ1v) is 7.10. The van der Waals surface area contributed by atoms with Crippen molar-refractivity contribution in [3.05, 3.63) is 57.6 Å².